The maximum Gasteiger partial charge on any atom is 0.0813 e. The molecule has 0 saturated heterocycles. The monoisotopic (exact) mass is 313 g/mol. The fraction of sp³-hybridized carbons (Fsp3) is 0.571. The summed E-state index contributed by atoms with van der Waals surface area (Å²) in [5.74, 6) is 0. The van der Waals surface area contributed by atoms with Crippen molar-refractivity contribution in [3.63, 3.8) is 0 Å². The van der Waals surface area contributed by atoms with Crippen LogP contribution in [0.3, 0.4) is 0 Å². The van der Waals surface area contributed by atoms with Crippen LogP contribution in [0.1, 0.15) is 30.9 Å². The number of hydrogen-bond acceptors (Lipinski definition) is 3. The topological polar surface area (TPSA) is 43.7 Å². The predicted octanol–water partition coefficient (Wildman–Crippen LogP) is 2.33. The zero-order valence-electron chi connectivity index (χ0n) is 10.4. The lowest BCUT2D eigenvalue weighted by Crippen LogP contribution is -2.31. The van der Waals surface area contributed by atoms with Gasteiger partial charge < -0.3 is 10.2 Å². The van der Waals surface area contributed by atoms with Gasteiger partial charge in [0.15, 0.2) is 0 Å². The van der Waals surface area contributed by atoms with Gasteiger partial charge >= 0.3 is 0 Å². The molecule has 1 aromatic carbocycles. The summed E-state index contributed by atoms with van der Waals surface area (Å²) in [6, 6.07) is 8.41. The van der Waals surface area contributed by atoms with Crippen LogP contribution >= 0.6 is 15.9 Å². The molecule has 1 atom stereocenters. The molecule has 0 aliphatic heterocycles. The number of nitrogens with zero attached hydrogens (tertiary/aromatic N) is 1. The van der Waals surface area contributed by atoms with Crippen LogP contribution in [0.2, 0.25) is 0 Å². The molecule has 100 valence electrons. The number of aliphatic hydroxyl groups excluding tert-OH is 2. The molecule has 1 aliphatic carbocycles. The number of hydrogen-bond donors (Lipinski definition) is 2. The summed E-state index contributed by atoms with van der Waals surface area (Å²) in [4.78, 5) is 2.28. The van der Waals surface area contributed by atoms with Crippen LogP contribution in [0.15, 0.2) is 28.7 Å². The van der Waals surface area contributed by atoms with Crippen molar-refractivity contribution in [1.29, 1.82) is 0 Å². The minimum Gasteiger partial charge on any atom is -0.395 e. The second-order valence-electron chi connectivity index (χ2n) is 4.82. The quantitative estimate of drug-likeness (QED) is 0.812. The third-order valence-electron chi connectivity index (χ3n) is 3.40. The highest BCUT2D eigenvalue weighted by Crippen LogP contribution is 2.29. The average Bonchev–Trinajstić information content (AvgIpc) is 3.19. The Balaban J connectivity index is 1.87. The normalized spacial score (nSPS) is 17.1. The lowest BCUT2D eigenvalue weighted by Gasteiger charge is -2.22. The van der Waals surface area contributed by atoms with Crippen molar-refractivity contribution in [3.8, 4) is 0 Å². The van der Waals surface area contributed by atoms with Crippen LogP contribution in [0.5, 0.6) is 0 Å². The average molecular weight is 314 g/mol. The molecule has 1 unspecified atom stereocenters. The molecule has 0 heterocycles. The van der Waals surface area contributed by atoms with Gasteiger partial charge in [0.2, 0.25) is 0 Å². The number of rotatable bonds is 7. The summed E-state index contributed by atoms with van der Waals surface area (Å²) >= 11 is 3.46. The number of benzene rings is 1. The largest absolute Gasteiger partial charge is 0.395 e. The maximum atomic E-state index is 10.2. The highest BCUT2D eigenvalue weighted by Gasteiger charge is 2.28. The van der Waals surface area contributed by atoms with Gasteiger partial charge in [-0.05, 0) is 30.9 Å². The van der Waals surface area contributed by atoms with Crippen LogP contribution in [0.4, 0.5) is 0 Å². The van der Waals surface area contributed by atoms with Crippen molar-refractivity contribution in [1.82, 2.24) is 4.90 Å². The number of halogens is 1. The Morgan fingerprint density at radius 1 is 1.28 bits per heavy atom. The van der Waals surface area contributed by atoms with Gasteiger partial charge in [-0.1, -0.05) is 34.1 Å². The second-order valence-corrected chi connectivity index (χ2v) is 5.67. The van der Waals surface area contributed by atoms with Crippen molar-refractivity contribution in [2.75, 3.05) is 19.7 Å². The molecule has 2 N–H and O–H groups in total. The van der Waals surface area contributed by atoms with Crippen LogP contribution < -0.4 is 0 Å². The van der Waals surface area contributed by atoms with Crippen LogP contribution in [0.25, 0.3) is 0 Å². The maximum absolute atomic E-state index is 10.2. The minimum atomic E-state index is -0.444. The molecule has 3 nitrogen and oxygen atoms in total. The third-order valence-corrected chi connectivity index (χ3v) is 4.13. The van der Waals surface area contributed by atoms with E-state index in [9.17, 15) is 5.11 Å². The minimum absolute atomic E-state index is 0.196. The van der Waals surface area contributed by atoms with E-state index in [1.165, 1.54) is 12.8 Å². The molecule has 1 fully saturated rings. The Kier molecular flexibility index (Phi) is 5.18. The van der Waals surface area contributed by atoms with Gasteiger partial charge in [-0.15, -0.1) is 0 Å². The van der Waals surface area contributed by atoms with Crippen LogP contribution in [0, 0.1) is 0 Å². The Hall–Kier alpha value is -0.420. The van der Waals surface area contributed by atoms with E-state index >= 15 is 0 Å². The summed E-state index contributed by atoms with van der Waals surface area (Å²) in [7, 11) is 0. The SMILES string of the molecule is OCCN(CCC(O)c1ccccc1Br)C1CC1. The second kappa shape index (κ2) is 6.66. The molecule has 0 aromatic heterocycles. The van der Waals surface area contributed by atoms with Crippen LogP contribution in [-0.4, -0.2) is 40.9 Å². The van der Waals surface area contributed by atoms with Gasteiger partial charge in [-0.2, -0.15) is 0 Å². The molecule has 0 radical (unpaired) electrons. The summed E-state index contributed by atoms with van der Waals surface area (Å²) in [5, 5.41) is 19.2. The first-order valence-corrected chi connectivity index (χ1v) is 7.29. The van der Waals surface area contributed by atoms with Gasteiger partial charge in [0, 0.05) is 23.6 Å². The standard InChI is InChI=1S/C14H20BrNO2/c15-13-4-2-1-3-12(13)14(18)7-8-16(9-10-17)11-5-6-11/h1-4,11,14,17-18H,5-10H2. The summed E-state index contributed by atoms with van der Waals surface area (Å²) < 4.78 is 0.956. The van der Waals surface area contributed by atoms with E-state index in [1.807, 2.05) is 24.3 Å². The Morgan fingerprint density at radius 3 is 2.61 bits per heavy atom. The van der Waals surface area contributed by atoms with Gasteiger partial charge in [0.05, 0.1) is 12.7 Å². The highest BCUT2D eigenvalue weighted by molar-refractivity contribution is 9.10. The zero-order valence-corrected chi connectivity index (χ0v) is 12.0. The molecule has 1 saturated carbocycles. The highest BCUT2D eigenvalue weighted by atomic mass is 79.9. The first-order valence-electron chi connectivity index (χ1n) is 6.49. The summed E-state index contributed by atoms with van der Waals surface area (Å²) in [5.41, 5.74) is 0.942. The molecular formula is C14H20BrNO2. The van der Waals surface area contributed by atoms with E-state index in [-0.39, 0.29) is 6.61 Å². The summed E-state index contributed by atoms with van der Waals surface area (Å²) in [6.07, 6.45) is 2.72. The first kappa shape index (κ1) is 14.0. The van der Waals surface area contributed by atoms with Crippen molar-refractivity contribution in [2.45, 2.75) is 31.4 Å². The van der Waals surface area contributed by atoms with E-state index in [0.717, 1.165) is 16.6 Å². The van der Waals surface area contributed by atoms with E-state index in [2.05, 4.69) is 20.8 Å². The smallest absolute Gasteiger partial charge is 0.0813 e. The molecule has 18 heavy (non-hydrogen) atoms. The molecular weight excluding hydrogens is 294 g/mol. The van der Waals surface area contributed by atoms with Crippen molar-refractivity contribution < 1.29 is 10.2 Å². The number of aliphatic hydroxyl groups is 2. The van der Waals surface area contributed by atoms with Gasteiger partial charge in [0.1, 0.15) is 0 Å². The Morgan fingerprint density at radius 2 is 2.00 bits per heavy atom. The fourth-order valence-corrected chi connectivity index (χ4v) is 2.78. The first-order chi connectivity index (χ1) is 8.72. The fourth-order valence-electron chi connectivity index (χ4n) is 2.23. The molecule has 0 spiro atoms. The Labute approximate surface area is 117 Å². The lowest BCUT2D eigenvalue weighted by atomic mass is 10.1. The van der Waals surface area contributed by atoms with Gasteiger partial charge in [-0.25, -0.2) is 0 Å². The lowest BCUT2D eigenvalue weighted by molar-refractivity contribution is 0.127. The third kappa shape index (κ3) is 3.79. The van der Waals surface area contributed by atoms with Gasteiger partial charge in [0.25, 0.3) is 0 Å². The van der Waals surface area contributed by atoms with E-state index in [4.69, 9.17) is 5.11 Å². The molecule has 1 aliphatic rings. The van der Waals surface area contributed by atoms with E-state index in [1.54, 1.807) is 0 Å². The Bertz CT molecular complexity index is 382. The van der Waals surface area contributed by atoms with Gasteiger partial charge in [-0.3, -0.25) is 4.90 Å². The van der Waals surface area contributed by atoms with E-state index in [0.29, 0.717) is 19.0 Å². The molecule has 0 bridgehead atoms. The summed E-state index contributed by atoms with van der Waals surface area (Å²) in [6.45, 7) is 1.75. The molecule has 2 rings (SSSR count). The van der Waals surface area contributed by atoms with Crippen molar-refractivity contribution >= 4 is 15.9 Å². The predicted molar refractivity (Wildman–Crippen MR) is 75.4 cm³/mol. The molecule has 4 heteroatoms. The van der Waals surface area contributed by atoms with Crippen LogP contribution in [-0.2, 0) is 0 Å². The van der Waals surface area contributed by atoms with E-state index < -0.39 is 6.10 Å². The molecule has 0 amide bonds. The zero-order chi connectivity index (χ0) is 13.0. The van der Waals surface area contributed by atoms with Crippen molar-refractivity contribution in [2.24, 2.45) is 0 Å². The van der Waals surface area contributed by atoms with Crippen molar-refractivity contribution in [3.05, 3.63) is 34.3 Å². The molecule has 1 aromatic rings.